The number of halogens is 2. The van der Waals surface area contributed by atoms with E-state index >= 15 is 0 Å². The van der Waals surface area contributed by atoms with Gasteiger partial charge in [0.25, 0.3) is 5.91 Å². The zero-order chi connectivity index (χ0) is 19.1. The molecule has 0 spiro atoms. The largest absolute Gasteiger partial charge is 0.488 e. The third kappa shape index (κ3) is 5.74. The molecule has 1 heterocycles. The van der Waals surface area contributed by atoms with E-state index in [1.54, 1.807) is 18.5 Å². The van der Waals surface area contributed by atoms with E-state index in [1.807, 2.05) is 48.5 Å². The van der Waals surface area contributed by atoms with Crippen LogP contribution in [0.5, 0.6) is 5.75 Å². The highest BCUT2D eigenvalue weighted by atomic mass is 79.9. The number of aromatic nitrogens is 1. The Morgan fingerprint density at radius 2 is 1.89 bits per heavy atom. The number of hydrogen-bond donors (Lipinski definition) is 1. The number of carbonyl (C=O) groups excluding carboxylic acids is 1. The molecule has 0 bridgehead atoms. The highest BCUT2D eigenvalue weighted by Crippen LogP contribution is 2.23. The van der Waals surface area contributed by atoms with Gasteiger partial charge in [-0.2, -0.15) is 5.10 Å². The molecular weight excluding hydrogens is 474 g/mol. The van der Waals surface area contributed by atoms with E-state index in [9.17, 15) is 4.79 Å². The molecule has 0 aliphatic heterocycles. The van der Waals surface area contributed by atoms with E-state index in [4.69, 9.17) is 4.74 Å². The number of pyridine rings is 1. The van der Waals surface area contributed by atoms with Crippen LogP contribution in [0.1, 0.15) is 21.5 Å². The van der Waals surface area contributed by atoms with Crippen LogP contribution >= 0.6 is 31.9 Å². The lowest BCUT2D eigenvalue weighted by atomic mass is 10.2. The Morgan fingerprint density at radius 1 is 1.07 bits per heavy atom. The quantitative estimate of drug-likeness (QED) is 0.394. The van der Waals surface area contributed by atoms with Crippen molar-refractivity contribution < 1.29 is 9.53 Å². The van der Waals surface area contributed by atoms with E-state index in [0.29, 0.717) is 17.9 Å². The number of rotatable bonds is 6. The minimum absolute atomic E-state index is 0.346. The maximum Gasteiger partial charge on any atom is 0.272 e. The van der Waals surface area contributed by atoms with Crippen molar-refractivity contribution in [2.45, 2.75) is 6.61 Å². The number of nitrogens with zero attached hydrogens (tertiary/aromatic N) is 2. The fourth-order valence-corrected chi connectivity index (χ4v) is 2.99. The molecule has 0 fully saturated rings. The summed E-state index contributed by atoms with van der Waals surface area (Å²) in [6, 6.07) is 17.2. The van der Waals surface area contributed by atoms with Gasteiger partial charge in [0.1, 0.15) is 12.4 Å². The second-order valence-electron chi connectivity index (χ2n) is 5.55. The summed E-state index contributed by atoms with van der Waals surface area (Å²) >= 11 is 6.73. The summed E-state index contributed by atoms with van der Waals surface area (Å²) in [5.41, 5.74) is 4.72. The Hall–Kier alpha value is -2.51. The molecule has 1 aromatic heterocycles. The minimum atomic E-state index is -0.346. The molecule has 3 aromatic rings. The van der Waals surface area contributed by atoms with Crippen molar-refractivity contribution in [2.75, 3.05) is 0 Å². The molecule has 0 aliphatic rings. The monoisotopic (exact) mass is 487 g/mol. The Balaban J connectivity index is 1.69. The number of hydrazone groups is 1. The molecule has 5 nitrogen and oxygen atoms in total. The molecular formula is C20H15Br2N3O2. The van der Waals surface area contributed by atoms with Crippen LogP contribution in [0.3, 0.4) is 0 Å². The lowest BCUT2D eigenvalue weighted by Gasteiger charge is -2.09. The van der Waals surface area contributed by atoms with Crippen LogP contribution in [0.15, 0.2) is 81.0 Å². The van der Waals surface area contributed by atoms with E-state index in [1.165, 1.54) is 6.20 Å². The van der Waals surface area contributed by atoms with Crippen molar-refractivity contribution in [2.24, 2.45) is 5.10 Å². The first-order chi connectivity index (χ1) is 13.1. The molecule has 0 unspecified atom stereocenters. The van der Waals surface area contributed by atoms with Gasteiger partial charge in [0.2, 0.25) is 0 Å². The minimum Gasteiger partial charge on any atom is -0.488 e. The summed E-state index contributed by atoms with van der Waals surface area (Å²) in [6.07, 6.45) is 4.63. The lowest BCUT2D eigenvalue weighted by Crippen LogP contribution is -2.17. The van der Waals surface area contributed by atoms with Gasteiger partial charge < -0.3 is 4.74 Å². The first kappa shape index (κ1) is 19.3. The average molecular weight is 489 g/mol. The van der Waals surface area contributed by atoms with E-state index < -0.39 is 0 Å². The van der Waals surface area contributed by atoms with E-state index in [2.05, 4.69) is 47.4 Å². The van der Waals surface area contributed by atoms with Crippen LogP contribution in [0.25, 0.3) is 0 Å². The molecule has 1 amide bonds. The van der Waals surface area contributed by atoms with Gasteiger partial charge >= 0.3 is 0 Å². The van der Waals surface area contributed by atoms with E-state index in [0.717, 1.165) is 20.1 Å². The van der Waals surface area contributed by atoms with Crippen molar-refractivity contribution in [3.8, 4) is 5.75 Å². The molecule has 7 heteroatoms. The average Bonchev–Trinajstić information content (AvgIpc) is 2.68. The molecule has 1 N–H and O–H groups in total. The van der Waals surface area contributed by atoms with Gasteiger partial charge in [-0.3, -0.25) is 9.78 Å². The number of ether oxygens (including phenoxy) is 1. The van der Waals surface area contributed by atoms with Crippen molar-refractivity contribution in [1.82, 2.24) is 10.4 Å². The van der Waals surface area contributed by atoms with Crippen molar-refractivity contribution in [3.63, 3.8) is 0 Å². The zero-order valence-corrected chi connectivity index (χ0v) is 17.3. The van der Waals surface area contributed by atoms with Gasteiger partial charge in [-0.15, -0.1) is 0 Å². The van der Waals surface area contributed by atoms with Crippen molar-refractivity contribution in [3.05, 3.63) is 92.6 Å². The van der Waals surface area contributed by atoms with Gasteiger partial charge in [-0.25, -0.2) is 5.43 Å². The third-order valence-corrected chi connectivity index (χ3v) is 4.47. The molecule has 0 saturated heterocycles. The molecule has 27 heavy (non-hydrogen) atoms. The fraction of sp³-hybridized carbons (Fsp3) is 0.0500. The summed E-state index contributed by atoms with van der Waals surface area (Å²) in [6.45, 7) is 0.444. The second kappa shape index (κ2) is 9.43. The number of hydrogen-bond acceptors (Lipinski definition) is 4. The first-order valence-corrected chi connectivity index (χ1v) is 9.60. The Kier molecular flexibility index (Phi) is 6.73. The SMILES string of the molecule is O=C(N/N=C\c1cc(Br)ccc1OCc1ccccc1)c1cncc(Br)c1. The van der Waals surface area contributed by atoms with Gasteiger partial charge in [0.05, 0.1) is 11.8 Å². The van der Waals surface area contributed by atoms with Crippen LogP contribution in [0, 0.1) is 0 Å². The summed E-state index contributed by atoms with van der Waals surface area (Å²) in [4.78, 5) is 16.1. The Labute approximate surface area is 173 Å². The number of carbonyl (C=O) groups is 1. The molecule has 0 radical (unpaired) electrons. The highest BCUT2D eigenvalue weighted by molar-refractivity contribution is 9.10. The molecule has 2 aromatic carbocycles. The second-order valence-corrected chi connectivity index (χ2v) is 7.38. The summed E-state index contributed by atoms with van der Waals surface area (Å²) < 4.78 is 7.51. The topological polar surface area (TPSA) is 63.6 Å². The standard InChI is InChI=1S/C20H15Br2N3O2/c21-17-6-7-19(27-13-14-4-2-1-3-5-14)15(8-17)11-24-25-20(26)16-9-18(22)12-23-10-16/h1-12H,13H2,(H,25,26)/b24-11-. The van der Waals surface area contributed by atoms with Crippen LogP contribution in [-0.4, -0.2) is 17.1 Å². The smallest absolute Gasteiger partial charge is 0.272 e. The highest BCUT2D eigenvalue weighted by Gasteiger charge is 2.06. The van der Waals surface area contributed by atoms with Gasteiger partial charge in [-0.1, -0.05) is 46.3 Å². The maximum atomic E-state index is 12.1. The predicted molar refractivity (Wildman–Crippen MR) is 112 cm³/mol. The van der Waals surface area contributed by atoms with Crippen LogP contribution in [0.4, 0.5) is 0 Å². The predicted octanol–water partition coefficient (Wildman–Crippen LogP) is 4.95. The van der Waals surface area contributed by atoms with Crippen LogP contribution in [0.2, 0.25) is 0 Å². The number of amides is 1. The van der Waals surface area contributed by atoms with Crippen LogP contribution in [-0.2, 0) is 6.61 Å². The van der Waals surface area contributed by atoms with Gasteiger partial charge in [0.15, 0.2) is 0 Å². The third-order valence-electron chi connectivity index (χ3n) is 3.55. The normalized spacial score (nSPS) is 10.7. The summed E-state index contributed by atoms with van der Waals surface area (Å²) in [5.74, 6) is 0.325. The zero-order valence-electron chi connectivity index (χ0n) is 14.1. The van der Waals surface area contributed by atoms with Gasteiger partial charge in [0, 0.05) is 26.9 Å². The number of benzene rings is 2. The van der Waals surface area contributed by atoms with Crippen molar-refractivity contribution >= 4 is 44.0 Å². The van der Waals surface area contributed by atoms with Gasteiger partial charge in [-0.05, 0) is 45.8 Å². The molecule has 0 aliphatic carbocycles. The Morgan fingerprint density at radius 3 is 2.67 bits per heavy atom. The Bertz CT molecular complexity index is 962. The molecule has 0 atom stereocenters. The number of nitrogens with one attached hydrogen (secondary N) is 1. The summed E-state index contributed by atoms with van der Waals surface area (Å²) in [5, 5.41) is 4.04. The fourth-order valence-electron chi connectivity index (χ4n) is 2.25. The molecule has 0 saturated carbocycles. The van der Waals surface area contributed by atoms with Crippen molar-refractivity contribution in [1.29, 1.82) is 0 Å². The lowest BCUT2D eigenvalue weighted by molar-refractivity contribution is 0.0954. The van der Waals surface area contributed by atoms with E-state index in [-0.39, 0.29) is 5.91 Å². The molecule has 136 valence electrons. The summed E-state index contributed by atoms with van der Waals surface area (Å²) in [7, 11) is 0. The van der Waals surface area contributed by atoms with Crippen LogP contribution < -0.4 is 10.2 Å². The maximum absolute atomic E-state index is 12.1. The molecule has 3 rings (SSSR count). The first-order valence-electron chi connectivity index (χ1n) is 8.02.